The number of halogens is 1. The van der Waals surface area contributed by atoms with Crippen LogP contribution in [-0.2, 0) is 9.59 Å². The fourth-order valence-electron chi connectivity index (χ4n) is 2.29. The molecule has 0 saturated carbocycles. The Morgan fingerprint density at radius 3 is 2.33 bits per heavy atom. The van der Waals surface area contributed by atoms with Gasteiger partial charge in [0.15, 0.2) is 0 Å². The van der Waals surface area contributed by atoms with Crippen molar-refractivity contribution in [3.8, 4) is 0 Å². The molecule has 27 heavy (non-hydrogen) atoms. The zero-order valence-electron chi connectivity index (χ0n) is 15.4. The van der Waals surface area contributed by atoms with Crippen molar-refractivity contribution in [1.82, 2.24) is 10.6 Å². The van der Waals surface area contributed by atoms with Gasteiger partial charge in [-0.05, 0) is 56.5 Å². The fraction of sp³-hybridized carbons (Fsp3) is 0.316. The highest BCUT2D eigenvalue weighted by atomic mass is 35.5. The smallest absolute Gasteiger partial charge is 0.261 e. The van der Waals surface area contributed by atoms with E-state index < -0.39 is 11.4 Å². The average molecular weight is 408 g/mol. The van der Waals surface area contributed by atoms with Crippen LogP contribution in [0.1, 0.15) is 30.4 Å². The molecule has 0 spiro atoms. The van der Waals surface area contributed by atoms with Gasteiger partial charge in [0.25, 0.3) is 5.91 Å². The number of anilines is 1. The first-order valence-corrected chi connectivity index (χ1v) is 9.60. The minimum absolute atomic E-state index is 0.160. The number of hydrogen-bond acceptors (Lipinski definition) is 4. The van der Waals surface area contributed by atoms with Gasteiger partial charge in [0.2, 0.25) is 11.8 Å². The zero-order chi connectivity index (χ0) is 20.0. The van der Waals surface area contributed by atoms with E-state index in [1.54, 1.807) is 41.8 Å². The molecule has 0 bridgehead atoms. The molecule has 1 heterocycles. The lowest BCUT2D eigenvalue weighted by Gasteiger charge is -2.26. The van der Waals surface area contributed by atoms with Crippen LogP contribution in [0.15, 0.2) is 41.8 Å². The molecule has 1 aromatic heterocycles. The van der Waals surface area contributed by atoms with Gasteiger partial charge in [0.1, 0.15) is 6.54 Å². The van der Waals surface area contributed by atoms with Crippen molar-refractivity contribution in [1.29, 1.82) is 0 Å². The summed E-state index contributed by atoms with van der Waals surface area (Å²) in [6.07, 6.45) is 0. The summed E-state index contributed by atoms with van der Waals surface area (Å²) in [5, 5.41) is 7.73. The maximum atomic E-state index is 12.7. The van der Waals surface area contributed by atoms with Gasteiger partial charge in [-0.3, -0.25) is 14.4 Å². The molecule has 6 nitrogen and oxygen atoms in total. The number of hydrogen-bond donors (Lipinski definition) is 2. The highest BCUT2D eigenvalue weighted by Crippen LogP contribution is 2.18. The predicted molar refractivity (Wildman–Crippen MR) is 108 cm³/mol. The van der Waals surface area contributed by atoms with Crippen LogP contribution in [0.25, 0.3) is 0 Å². The number of benzene rings is 1. The third-order valence-electron chi connectivity index (χ3n) is 3.40. The van der Waals surface area contributed by atoms with E-state index in [1.165, 1.54) is 16.2 Å². The fourth-order valence-corrected chi connectivity index (χ4v) is 3.06. The van der Waals surface area contributed by atoms with E-state index in [9.17, 15) is 14.4 Å². The molecule has 2 aromatic rings. The van der Waals surface area contributed by atoms with Crippen molar-refractivity contribution >= 4 is 46.3 Å². The Bertz CT molecular complexity index is 799. The summed E-state index contributed by atoms with van der Waals surface area (Å²) in [5.74, 6) is -1.02. The minimum Gasteiger partial charge on any atom is -0.350 e. The number of nitrogens with zero attached hydrogens (tertiary/aromatic N) is 1. The minimum atomic E-state index is -0.417. The van der Waals surface area contributed by atoms with E-state index >= 15 is 0 Å². The molecule has 1 aromatic carbocycles. The first kappa shape index (κ1) is 20.9. The standard InChI is InChI=1S/C19H22ClN3O3S/c1-19(2,3)22-16(24)12-23(14-8-6-13(20)7-9-14)17(25)11-21-18(26)15-5-4-10-27-15/h4-10H,11-12H2,1-3H3,(H,21,26)(H,22,24). The van der Waals surface area contributed by atoms with Crippen LogP contribution in [0.2, 0.25) is 5.02 Å². The Hall–Kier alpha value is -2.38. The molecule has 0 radical (unpaired) electrons. The molecule has 2 rings (SSSR count). The molecular formula is C19H22ClN3O3S. The third kappa shape index (κ3) is 6.69. The molecule has 144 valence electrons. The molecule has 2 N–H and O–H groups in total. The summed E-state index contributed by atoms with van der Waals surface area (Å²) in [6, 6.07) is 10.0. The van der Waals surface area contributed by atoms with Gasteiger partial charge >= 0.3 is 0 Å². The first-order valence-electron chi connectivity index (χ1n) is 8.34. The van der Waals surface area contributed by atoms with Gasteiger partial charge in [0, 0.05) is 16.2 Å². The topological polar surface area (TPSA) is 78.5 Å². The third-order valence-corrected chi connectivity index (χ3v) is 4.52. The maximum Gasteiger partial charge on any atom is 0.261 e. The summed E-state index contributed by atoms with van der Waals surface area (Å²) in [4.78, 5) is 38.9. The summed E-state index contributed by atoms with van der Waals surface area (Å²) in [5.41, 5.74) is 0.109. The number of carbonyl (C=O) groups is 3. The van der Waals surface area contributed by atoms with E-state index in [2.05, 4.69) is 10.6 Å². The summed E-state index contributed by atoms with van der Waals surface area (Å²) in [6.45, 7) is 5.20. The van der Waals surface area contributed by atoms with Crippen LogP contribution in [0, 0.1) is 0 Å². The number of nitrogens with one attached hydrogen (secondary N) is 2. The Morgan fingerprint density at radius 1 is 1.11 bits per heavy atom. The highest BCUT2D eigenvalue weighted by molar-refractivity contribution is 7.12. The van der Waals surface area contributed by atoms with E-state index in [4.69, 9.17) is 11.6 Å². The van der Waals surface area contributed by atoms with Crippen LogP contribution in [0.5, 0.6) is 0 Å². The van der Waals surface area contributed by atoms with E-state index in [0.29, 0.717) is 15.6 Å². The molecule has 0 atom stereocenters. The number of thiophene rings is 1. The molecule has 3 amide bonds. The van der Waals surface area contributed by atoms with Gasteiger partial charge in [-0.15, -0.1) is 11.3 Å². The Labute approximate surface area is 167 Å². The molecule has 0 saturated heterocycles. The van der Waals surface area contributed by atoms with Crippen molar-refractivity contribution in [2.45, 2.75) is 26.3 Å². The maximum absolute atomic E-state index is 12.7. The normalized spacial score (nSPS) is 11.0. The summed E-state index contributed by atoms with van der Waals surface area (Å²) < 4.78 is 0. The lowest BCUT2D eigenvalue weighted by atomic mass is 10.1. The molecule has 0 aliphatic carbocycles. The highest BCUT2D eigenvalue weighted by Gasteiger charge is 2.22. The predicted octanol–water partition coefficient (Wildman–Crippen LogP) is 3.08. The van der Waals surface area contributed by atoms with Crippen LogP contribution >= 0.6 is 22.9 Å². The monoisotopic (exact) mass is 407 g/mol. The van der Waals surface area contributed by atoms with Crippen molar-refractivity contribution in [3.05, 3.63) is 51.7 Å². The second kappa shape index (κ2) is 9.01. The molecule has 0 fully saturated rings. The number of amides is 3. The van der Waals surface area contributed by atoms with Gasteiger partial charge in [-0.25, -0.2) is 0 Å². The van der Waals surface area contributed by atoms with Gasteiger partial charge in [0.05, 0.1) is 11.4 Å². The first-order chi connectivity index (χ1) is 12.7. The number of rotatable bonds is 6. The van der Waals surface area contributed by atoms with E-state index in [0.717, 1.165) is 0 Å². The Morgan fingerprint density at radius 2 is 1.78 bits per heavy atom. The van der Waals surface area contributed by atoms with Crippen LogP contribution in [0.3, 0.4) is 0 Å². The molecule has 0 unspecified atom stereocenters. The molecule has 8 heteroatoms. The largest absolute Gasteiger partial charge is 0.350 e. The summed E-state index contributed by atoms with van der Waals surface area (Å²) in [7, 11) is 0. The second-order valence-corrected chi connectivity index (χ2v) is 8.30. The average Bonchev–Trinajstić information content (AvgIpc) is 3.11. The SMILES string of the molecule is CC(C)(C)NC(=O)CN(C(=O)CNC(=O)c1cccs1)c1ccc(Cl)cc1. The van der Waals surface area contributed by atoms with Crippen molar-refractivity contribution in [2.24, 2.45) is 0 Å². The second-order valence-electron chi connectivity index (χ2n) is 6.91. The lowest BCUT2D eigenvalue weighted by molar-refractivity contribution is -0.124. The van der Waals surface area contributed by atoms with Crippen LogP contribution in [0.4, 0.5) is 5.69 Å². The van der Waals surface area contributed by atoms with Gasteiger partial charge in [-0.1, -0.05) is 17.7 Å². The summed E-state index contributed by atoms with van der Waals surface area (Å²) >= 11 is 7.20. The lowest BCUT2D eigenvalue weighted by Crippen LogP contribution is -2.49. The van der Waals surface area contributed by atoms with Crippen LogP contribution < -0.4 is 15.5 Å². The Kier molecular flexibility index (Phi) is 6.98. The van der Waals surface area contributed by atoms with Crippen molar-refractivity contribution in [3.63, 3.8) is 0 Å². The van der Waals surface area contributed by atoms with Crippen LogP contribution in [-0.4, -0.2) is 36.3 Å². The molecular weight excluding hydrogens is 386 g/mol. The van der Waals surface area contributed by atoms with Crippen molar-refractivity contribution < 1.29 is 14.4 Å². The zero-order valence-corrected chi connectivity index (χ0v) is 17.0. The van der Waals surface area contributed by atoms with E-state index in [-0.39, 0.29) is 24.9 Å². The van der Waals surface area contributed by atoms with E-state index in [1.807, 2.05) is 20.8 Å². The van der Waals surface area contributed by atoms with Gasteiger partial charge < -0.3 is 15.5 Å². The Balaban J connectivity index is 2.10. The molecule has 0 aliphatic heterocycles. The van der Waals surface area contributed by atoms with Gasteiger partial charge in [-0.2, -0.15) is 0 Å². The quantitative estimate of drug-likeness (QED) is 0.772. The van der Waals surface area contributed by atoms with Crippen molar-refractivity contribution in [2.75, 3.05) is 18.0 Å². The molecule has 0 aliphatic rings. The number of carbonyl (C=O) groups excluding carboxylic acids is 3.